The van der Waals surface area contributed by atoms with Gasteiger partial charge in [0.05, 0.1) is 11.9 Å². The number of aromatic nitrogens is 1. The molecule has 0 saturated carbocycles. The molecule has 1 N–H and O–H groups in total. The van der Waals surface area contributed by atoms with E-state index in [1.54, 1.807) is 12.3 Å². The number of benzene rings is 2. The van der Waals surface area contributed by atoms with E-state index in [4.69, 9.17) is 0 Å². The molecule has 3 rings (SSSR count). The van der Waals surface area contributed by atoms with E-state index in [0.717, 1.165) is 28.2 Å². The van der Waals surface area contributed by atoms with Crippen LogP contribution in [0.2, 0.25) is 0 Å². The van der Waals surface area contributed by atoms with Crippen molar-refractivity contribution in [1.82, 2.24) is 4.98 Å². The summed E-state index contributed by atoms with van der Waals surface area (Å²) in [5.41, 5.74) is 5.40. The fraction of sp³-hybridized carbons (Fsp3) is 0.143. The third-order valence-corrected chi connectivity index (χ3v) is 3.99. The number of nitrogens with one attached hydrogen (secondary N) is 1. The molecule has 0 radical (unpaired) electrons. The highest BCUT2D eigenvalue weighted by Crippen LogP contribution is 2.22. The van der Waals surface area contributed by atoms with Gasteiger partial charge >= 0.3 is 0 Å². The van der Waals surface area contributed by atoms with Gasteiger partial charge < -0.3 is 10.2 Å². The second kappa shape index (κ2) is 7.18. The normalized spacial score (nSPS) is 10.4. The molecular formula is C21H21N3O. The maximum Gasteiger partial charge on any atom is 0.274 e. The first-order chi connectivity index (χ1) is 12.0. The van der Waals surface area contributed by atoms with Crippen LogP contribution in [0.1, 0.15) is 21.6 Å². The lowest BCUT2D eigenvalue weighted by atomic mass is 10.1. The van der Waals surface area contributed by atoms with Gasteiger partial charge in [0, 0.05) is 18.4 Å². The molecule has 3 aromatic rings. The highest BCUT2D eigenvalue weighted by atomic mass is 16.1. The summed E-state index contributed by atoms with van der Waals surface area (Å²) in [4.78, 5) is 18.7. The number of aryl methyl sites for hydroxylation is 2. The lowest BCUT2D eigenvalue weighted by Gasteiger charge is -2.19. The zero-order valence-electron chi connectivity index (χ0n) is 14.7. The van der Waals surface area contributed by atoms with Crippen molar-refractivity contribution in [3.8, 4) is 0 Å². The molecule has 126 valence electrons. The van der Waals surface area contributed by atoms with Crippen molar-refractivity contribution in [1.29, 1.82) is 0 Å². The Bertz CT molecular complexity index is 853. The standard InChI is InChI=1S/C21H21N3O/c1-15-11-16(2)13-17(12-15)23-21(25)20-10-9-19(14-22-20)24(3)18-7-5-4-6-8-18/h4-14H,1-3H3,(H,23,25). The molecule has 4 nitrogen and oxygen atoms in total. The number of carbonyl (C=O) groups excluding carboxylic acids is 1. The maximum absolute atomic E-state index is 12.4. The molecule has 1 amide bonds. The highest BCUT2D eigenvalue weighted by molar-refractivity contribution is 6.03. The van der Waals surface area contributed by atoms with Gasteiger partial charge in [0.2, 0.25) is 0 Å². The van der Waals surface area contributed by atoms with Crippen LogP contribution in [0.4, 0.5) is 17.1 Å². The van der Waals surface area contributed by atoms with Gasteiger partial charge in [-0.1, -0.05) is 24.3 Å². The van der Waals surface area contributed by atoms with Crippen molar-refractivity contribution in [2.75, 3.05) is 17.3 Å². The molecule has 0 unspecified atom stereocenters. The van der Waals surface area contributed by atoms with Crippen molar-refractivity contribution in [3.05, 3.63) is 83.7 Å². The highest BCUT2D eigenvalue weighted by Gasteiger charge is 2.10. The minimum Gasteiger partial charge on any atom is -0.343 e. The molecule has 1 heterocycles. The van der Waals surface area contributed by atoms with Gasteiger partial charge in [-0.2, -0.15) is 0 Å². The Labute approximate surface area is 148 Å². The van der Waals surface area contributed by atoms with E-state index >= 15 is 0 Å². The number of carbonyl (C=O) groups is 1. The molecule has 0 aliphatic heterocycles. The first-order valence-electron chi connectivity index (χ1n) is 8.17. The number of amides is 1. The van der Waals surface area contributed by atoms with Crippen molar-refractivity contribution in [2.24, 2.45) is 0 Å². The van der Waals surface area contributed by atoms with Crippen molar-refractivity contribution in [3.63, 3.8) is 0 Å². The number of pyridine rings is 1. The largest absolute Gasteiger partial charge is 0.343 e. The average Bonchev–Trinajstić information content (AvgIpc) is 2.61. The van der Waals surface area contributed by atoms with Crippen molar-refractivity contribution < 1.29 is 4.79 Å². The second-order valence-corrected chi connectivity index (χ2v) is 6.13. The van der Waals surface area contributed by atoms with Crippen LogP contribution in [0.25, 0.3) is 0 Å². The summed E-state index contributed by atoms with van der Waals surface area (Å²) in [5, 5.41) is 2.91. The fourth-order valence-corrected chi connectivity index (χ4v) is 2.76. The first kappa shape index (κ1) is 16.7. The minimum absolute atomic E-state index is 0.209. The van der Waals surface area contributed by atoms with Gasteiger partial charge in [0.15, 0.2) is 0 Å². The number of hydrogen-bond acceptors (Lipinski definition) is 3. The molecule has 0 atom stereocenters. The summed E-state index contributed by atoms with van der Waals surface area (Å²) in [5.74, 6) is -0.209. The Morgan fingerprint density at radius 1 is 0.920 bits per heavy atom. The topological polar surface area (TPSA) is 45.2 Å². The molecule has 0 saturated heterocycles. The van der Waals surface area contributed by atoms with E-state index in [2.05, 4.69) is 16.4 Å². The van der Waals surface area contributed by atoms with Crippen molar-refractivity contribution in [2.45, 2.75) is 13.8 Å². The summed E-state index contributed by atoms with van der Waals surface area (Å²) in [7, 11) is 1.97. The number of nitrogens with zero attached hydrogens (tertiary/aromatic N) is 2. The van der Waals surface area contributed by atoms with Gasteiger partial charge in [-0.15, -0.1) is 0 Å². The molecule has 0 bridgehead atoms. The minimum atomic E-state index is -0.209. The molecule has 0 aliphatic rings. The number of anilines is 3. The zero-order valence-corrected chi connectivity index (χ0v) is 14.7. The number of rotatable bonds is 4. The second-order valence-electron chi connectivity index (χ2n) is 6.13. The molecule has 25 heavy (non-hydrogen) atoms. The monoisotopic (exact) mass is 331 g/mol. The van der Waals surface area contributed by atoms with E-state index in [0.29, 0.717) is 5.69 Å². The van der Waals surface area contributed by atoms with Gasteiger partial charge in [-0.25, -0.2) is 4.98 Å². The van der Waals surface area contributed by atoms with Crippen LogP contribution >= 0.6 is 0 Å². The Balaban J connectivity index is 1.74. The van der Waals surface area contributed by atoms with E-state index < -0.39 is 0 Å². The van der Waals surface area contributed by atoms with E-state index in [-0.39, 0.29) is 5.91 Å². The van der Waals surface area contributed by atoms with Gasteiger partial charge in [0.25, 0.3) is 5.91 Å². The summed E-state index contributed by atoms with van der Waals surface area (Å²) < 4.78 is 0. The molecule has 0 aliphatic carbocycles. The summed E-state index contributed by atoms with van der Waals surface area (Å²) in [6.07, 6.45) is 1.71. The molecule has 1 aromatic heterocycles. The van der Waals surface area contributed by atoms with E-state index in [1.807, 2.05) is 74.3 Å². The lowest BCUT2D eigenvalue weighted by molar-refractivity contribution is 0.102. The summed E-state index contributed by atoms with van der Waals surface area (Å²) in [6, 6.07) is 19.6. The van der Waals surface area contributed by atoms with Crippen LogP contribution in [-0.4, -0.2) is 17.9 Å². The van der Waals surface area contributed by atoms with Crippen LogP contribution in [0.5, 0.6) is 0 Å². The van der Waals surface area contributed by atoms with Crippen LogP contribution < -0.4 is 10.2 Å². The number of hydrogen-bond donors (Lipinski definition) is 1. The Morgan fingerprint density at radius 2 is 1.60 bits per heavy atom. The number of para-hydroxylation sites is 1. The average molecular weight is 331 g/mol. The van der Waals surface area contributed by atoms with Crippen molar-refractivity contribution >= 4 is 23.0 Å². The summed E-state index contributed by atoms with van der Waals surface area (Å²) >= 11 is 0. The zero-order chi connectivity index (χ0) is 17.8. The summed E-state index contributed by atoms with van der Waals surface area (Å²) in [6.45, 7) is 4.02. The smallest absolute Gasteiger partial charge is 0.274 e. The first-order valence-corrected chi connectivity index (χ1v) is 8.17. The molecule has 4 heteroatoms. The third-order valence-electron chi connectivity index (χ3n) is 3.99. The lowest BCUT2D eigenvalue weighted by Crippen LogP contribution is -2.15. The predicted octanol–water partition coefficient (Wildman–Crippen LogP) is 4.72. The van der Waals surface area contributed by atoms with E-state index in [9.17, 15) is 4.79 Å². The quantitative estimate of drug-likeness (QED) is 0.752. The van der Waals surface area contributed by atoms with Gasteiger partial charge in [-0.3, -0.25) is 4.79 Å². The Hall–Kier alpha value is -3.14. The van der Waals surface area contributed by atoms with Crippen LogP contribution in [0, 0.1) is 13.8 Å². The van der Waals surface area contributed by atoms with Crippen LogP contribution in [0.15, 0.2) is 66.9 Å². The molecular weight excluding hydrogens is 310 g/mol. The van der Waals surface area contributed by atoms with Crippen LogP contribution in [-0.2, 0) is 0 Å². The van der Waals surface area contributed by atoms with Gasteiger partial charge in [-0.05, 0) is 61.4 Å². The molecule has 0 spiro atoms. The Kier molecular flexibility index (Phi) is 4.80. The third kappa shape index (κ3) is 4.04. The van der Waals surface area contributed by atoms with E-state index in [1.165, 1.54) is 0 Å². The maximum atomic E-state index is 12.4. The fourth-order valence-electron chi connectivity index (χ4n) is 2.76. The Morgan fingerprint density at radius 3 is 2.20 bits per heavy atom. The molecule has 2 aromatic carbocycles. The SMILES string of the molecule is Cc1cc(C)cc(NC(=O)c2ccc(N(C)c3ccccc3)cn2)c1. The van der Waals surface area contributed by atoms with Crippen LogP contribution in [0.3, 0.4) is 0 Å². The predicted molar refractivity (Wildman–Crippen MR) is 103 cm³/mol. The molecule has 0 fully saturated rings. The van der Waals surface area contributed by atoms with Gasteiger partial charge in [0.1, 0.15) is 5.69 Å².